The monoisotopic (exact) mass is 363 g/mol. The second-order valence-electron chi connectivity index (χ2n) is 4.32. The van der Waals surface area contributed by atoms with Crippen molar-refractivity contribution in [2.24, 2.45) is 0 Å². The molecule has 0 N–H and O–H groups in total. The summed E-state index contributed by atoms with van der Waals surface area (Å²) >= 11 is 0.411. The molecule has 6 nitrogen and oxygen atoms in total. The van der Waals surface area contributed by atoms with Crippen LogP contribution >= 0.6 is 11.3 Å². The molecule has 0 bridgehead atoms. The van der Waals surface area contributed by atoms with E-state index in [1.54, 1.807) is 0 Å². The van der Waals surface area contributed by atoms with Gasteiger partial charge in [0, 0.05) is 0 Å². The van der Waals surface area contributed by atoms with Crippen molar-refractivity contribution in [2.45, 2.75) is 30.9 Å². The fourth-order valence-electron chi connectivity index (χ4n) is 1.35. The minimum Gasteiger partial charge on any atom is -0.462 e. The highest BCUT2D eigenvalue weighted by Crippen LogP contribution is 2.52. The smallest absolute Gasteiger partial charge is 0.462 e. The van der Waals surface area contributed by atoms with E-state index in [9.17, 15) is 30.8 Å². The number of rotatable bonds is 5. The second-order valence-corrected chi connectivity index (χ2v) is 6.86. The fourth-order valence-corrected chi connectivity index (χ4v) is 2.86. The molecule has 22 heavy (non-hydrogen) atoms. The Morgan fingerprint density at radius 1 is 1.41 bits per heavy atom. The fraction of sp³-hybridized carbons (Fsp3) is 0.600. The van der Waals surface area contributed by atoms with Gasteiger partial charge in [-0.2, -0.15) is 21.6 Å². The van der Waals surface area contributed by atoms with Crippen molar-refractivity contribution in [3.8, 4) is 5.88 Å². The van der Waals surface area contributed by atoms with Gasteiger partial charge in [0.2, 0.25) is 0 Å². The van der Waals surface area contributed by atoms with Gasteiger partial charge in [0.15, 0.2) is 10.5 Å². The number of carbonyl (C=O) groups excluding carboxylic acids is 1. The second kappa shape index (κ2) is 5.33. The van der Waals surface area contributed by atoms with E-state index in [4.69, 9.17) is 0 Å². The van der Waals surface area contributed by atoms with E-state index in [1.807, 2.05) is 0 Å². The molecule has 0 unspecified atom stereocenters. The van der Waals surface area contributed by atoms with Gasteiger partial charge < -0.3 is 8.92 Å². The Morgan fingerprint density at radius 2 is 2.00 bits per heavy atom. The van der Waals surface area contributed by atoms with Crippen LogP contribution in [0.25, 0.3) is 0 Å². The van der Waals surface area contributed by atoms with Crippen LogP contribution in [-0.2, 0) is 20.5 Å². The molecule has 0 aliphatic heterocycles. The first kappa shape index (κ1) is 16.9. The van der Waals surface area contributed by atoms with E-state index >= 15 is 0 Å². The zero-order valence-electron chi connectivity index (χ0n) is 10.9. The summed E-state index contributed by atoms with van der Waals surface area (Å²) < 4.78 is 81.3. The van der Waals surface area contributed by atoms with Crippen molar-refractivity contribution < 1.29 is 39.7 Å². The number of esters is 1. The number of nitrogens with zero attached hydrogens (tertiary/aromatic N) is 1. The van der Waals surface area contributed by atoms with Crippen molar-refractivity contribution in [1.29, 1.82) is 0 Å². The highest BCUT2D eigenvalue weighted by molar-refractivity contribution is 7.88. The Morgan fingerprint density at radius 3 is 2.45 bits per heavy atom. The lowest BCUT2D eigenvalue weighted by molar-refractivity contribution is -0.0501. The van der Waals surface area contributed by atoms with Crippen molar-refractivity contribution in [3.05, 3.63) is 9.88 Å². The number of carbonyl (C=O) groups is 1. The molecule has 0 amide bonds. The molecule has 0 radical (unpaired) electrons. The molecule has 0 aromatic carbocycles. The third-order valence-corrected chi connectivity index (χ3v) is 4.74. The summed E-state index contributed by atoms with van der Waals surface area (Å²) in [7, 11) is -6.02. The first-order valence-corrected chi connectivity index (χ1v) is 8.11. The highest BCUT2D eigenvalue weighted by atomic mass is 32.2. The van der Waals surface area contributed by atoms with Crippen LogP contribution in [0.2, 0.25) is 0 Å². The number of hydrogen-bond donors (Lipinski definition) is 0. The van der Waals surface area contributed by atoms with Crippen molar-refractivity contribution >= 4 is 27.4 Å². The highest BCUT2D eigenvalue weighted by Gasteiger charge is 2.52. The van der Waals surface area contributed by atoms with Crippen LogP contribution in [0.15, 0.2) is 0 Å². The van der Waals surface area contributed by atoms with Gasteiger partial charge in [-0.25, -0.2) is 14.2 Å². The van der Waals surface area contributed by atoms with E-state index < -0.39 is 38.0 Å². The lowest BCUT2D eigenvalue weighted by atomic mass is 10.4. The Bertz CT molecular complexity index is 693. The average molecular weight is 363 g/mol. The van der Waals surface area contributed by atoms with Gasteiger partial charge >= 0.3 is 21.6 Å². The molecular weight excluding hydrogens is 354 g/mol. The van der Waals surface area contributed by atoms with Gasteiger partial charge in [-0.3, -0.25) is 0 Å². The minimum atomic E-state index is -6.02. The van der Waals surface area contributed by atoms with Crippen LogP contribution in [0.3, 0.4) is 0 Å². The van der Waals surface area contributed by atoms with Gasteiger partial charge in [0.1, 0.15) is 5.01 Å². The van der Waals surface area contributed by atoms with Crippen LogP contribution in [0.5, 0.6) is 5.88 Å². The van der Waals surface area contributed by atoms with Crippen LogP contribution in [0, 0.1) is 0 Å². The first-order valence-electron chi connectivity index (χ1n) is 5.88. The largest absolute Gasteiger partial charge is 0.534 e. The molecule has 2 rings (SSSR count). The molecule has 1 heterocycles. The topological polar surface area (TPSA) is 82.6 Å². The van der Waals surface area contributed by atoms with E-state index in [0.29, 0.717) is 11.3 Å². The number of aromatic nitrogens is 1. The van der Waals surface area contributed by atoms with Crippen LogP contribution in [-0.4, -0.2) is 31.5 Å². The van der Waals surface area contributed by atoms with Gasteiger partial charge in [0.05, 0.1) is 6.61 Å². The molecule has 1 aromatic heterocycles. The van der Waals surface area contributed by atoms with E-state index in [2.05, 4.69) is 13.9 Å². The quantitative estimate of drug-likeness (QED) is 0.346. The third-order valence-electron chi connectivity index (χ3n) is 2.60. The maximum Gasteiger partial charge on any atom is 0.534 e. The van der Waals surface area contributed by atoms with E-state index in [-0.39, 0.29) is 24.5 Å². The molecule has 1 saturated carbocycles. The zero-order chi connectivity index (χ0) is 16.8. The Hall–Kier alpha value is -1.43. The van der Waals surface area contributed by atoms with Gasteiger partial charge in [0.25, 0.3) is 5.88 Å². The predicted molar refractivity (Wildman–Crippen MR) is 65.7 cm³/mol. The van der Waals surface area contributed by atoms with Crippen molar-refractivity contribution in [1.82, 2.24) is 4.98 Å². The van der Waals surface area contributed by atoms with Gasteiger partial charge in [-0.05, 0) is 19.8 Å². The lowest BCUT2D eigenvalue weighted by Gasteiger charge is -2.08. The molecule has 1 aromatic rings. The summed E-state index contributed by atoms with van der Waals surface area (Å²) in [5, 5.41) is -0.317. The molecule has 0 atom stereocenters. The van der Waals surface area contributed by atoms with Crippen LogP contribution in [0.1, 0.15) is 34.4 Å². The maximum atomic E-state index is 13.9. The van der Waals surface area contributed by atoms with Crippen LogP contribution < -0.4 is 4.18 Å². The zero-order valence-corrected chi connectivity index (χ0v) is 12.6. The number of alkyl halides is 4. The number of ether oxygens (including phenoxy) is 1. The van der Waals surface area contributed by atoms with E-state index in [1.165, 1.54) is 6.92 Å². The van der Waals surface area contributed by atoms with Gasteiger partial charge in [-0.15, -0.1) is 11.3 Å². The summed E-state index contributed by atoms with van der Waals surface area (Å²) in [6.45, 7) is 1.32. The number of thiazole rings is 1. The standard InChI is InChI=1S/C10H9F4NO5S2/c1-2-19-7(16)5-6(20-22(17,18)10(12,13)14)15-8(21-5)9(11)3-4-9/h2-4H2,1H3. The Balaban J connectivity index is 2.41. The third kappa shape index (κ3) is 3.16. The summed E-state index contributed by atoms with van der Waals surface area (Å²) in [6.07, 6.45) is 0.155. The van der Waals surface area contributed by atoms with E-state index in [0.717, 1.165) is 0 Å². The first-order chi connectivity index (χ1) is 10.00. The summed E-state index contributed by atoms with van der Waals surface area (Å²) in [6, 6.07) is 0. The van der Waals surface area contributed by atoms with Crippen molar-refractivity contribution in [2.75, 3.05) is 6.61 Å². The molecule has 0 spiro atoms. The summed E-state index contributed by atoms with van der Waals surface area (Å²) in [5.41, 5.74) is -7.56. The van der Waals surface area contributed by atoms with Gasteiger partial charge in [-0.1, -0.05) is 0 Å². The summed E-state index contributed by atoms with van der Waals surface area (Å²) in [4.78, 5) is 14.4. The molecule has 124 valence electrons. The SMILES string of the molecule is CCOC(=O)c1sc(C2(F)CC2)nc1OS(=O)(=O)C(F)(F)F. The lowest BCUT2D eigenvalue weighted by Crippen LogP contribution is -2.28. The molecule has 0 saturated heterocycles. The number of halogens is 4. The molecule has 12 heteroatoms. The molecule has 1 aliphatic rings. The minimum absolute atomic E-state index is 0.0776. The molecule has 1 fully saturated rings. The predicted octanol–water partition coefficient (Wildman–Crippen LogP) is 2.51. The Labute approximate surface area is 126 Å². The van der Waals surface area contributed by atoms with Crippen LogP contribution in [0.4, 0.5) is 17.6 Å². The number of hydrogen-bond acceptors (Lipinski definition) is 7. The molecule has 1 aliphatic carbocycles. The molecular formula is C10H9F4NO5S2. The Kier molecular flexibility index (Phi) is 4.11. The van der Waals surface area contributed by atoms with Crippen molar-refractivity contribution in [3.63, 3.8) is 0 Å². The normalized spacial score (nSPS) is 17.1. The average Bonchev–Trinajstić information content (AvgIpc) is 2.98. The maximum absolute atomic E-state index is 13.9. The summed E-state index contributed by atoms with van der Waals surface area (Å²) in [5.74, 6) is -2.26.